The third-order valence-corrected chi connectivity index (χ3v) is 4.42. The molecule has 1 amide bonds. The van der Waals surface area contributed by atoms with Crippen LogP contribution in [-0.2, 0) is 6.54 Å². The van der Waals surface area contributed by atoms with E-state index in [-0.39, 0.29) is 11.9 Å². The average molecular weight is 316 g/mol. The van der Waals surface area contributed by atoms with Gasteiger partial charge in [-0.15, -0.1) is 11.3 Å². The molecular weight excluding hydrogens is 300 g/mol. The minimum Gasteiger partial charge on any atom is -0.408 e. The van der Waals surface area contributed by atoms with Gasteiger partial charge in [0.25, 0.3) is 5.91 Å². The lowest BCUT2D eigenvalue weighted by molar-refractivity contribution is 0.0935. The Balaban J connectivity index is 1.81. The number of nitrogens with one attached hydrogen (secondary N) is 1. The number of aromatic nitrogens is 1. The Morgan fingerprint density at radius 3 is 2.86 bits per heavy atom. The lowest BCUT2D eigenvalue weighted by Crippen LogP contribution is -2.38. The summed E-state index contributed by atoms with van der Waals surface area (Å²) in [5, 5.41) is 4.83. The topological polar surface area (TPSA) is 64.2 Å². The molecule has 2 aromatic heterocycles. The molecule has 0 aliphatic carbocycles. The second-order valence-corrected chi connectivity index (χ2v) is 5.95. The summed E-state index contributed by atoms with van der Waals surface area (Å²) in [6, 6.07) is 10.8. The van der Waals surface area contributed by atoms with E-state index in [9.17, 15) is 9.59 Å². The molecule has 0 unspecified atom stereocenters. The molecule has 22 heavy (non-hydrogen) atoms. The molecule has 3 rings (SSSR count). The Kier molecular flexibility index (Phi) is 4.11. The van der Waals surface area contributed by atoms with Crippen molar-refractivity contribution in [1.82, 2.24) is 9.88 Å². The zero-order chi connectivity index (χ0) is 15.5. The van der Waals surface area contributed by atoms with Crippen molar-refractivity contribution in [3.8, 4) is 0 Å². The number of para-hydroxylation sites is 2. The van der Waals surface area contributed by atoms with Crippen LogP contribution in [-0.4, -0.2) is 16.5 Å². The van der Waals surface area contributed by atoms with Crippen LogP contribution in [0.5, 0.6) is 0 Å². The first kappa shape index (κ1) is 14.6. The summed E-state index contributed by atoms with van der Waals surface area (Å²) in [5.74, 6) is -0.507. The van der Waals surface area contributed by atoms with Crippen LogP contribution in [0.2, 0.25) is 0 Å². The predicted molar refractivity (Wildman–Crippen MR) is 86.3 cm³/mol. The van der Waals surface area contributed by atoms with Gasteiger partial charge in [-0.3, -0.25) is 9.36 Å². The average Bonchev–Trinajstić information content (AvgIpc) is 3.15. The molecule has 0 saturated carbocycles. The summed E-state index contributed by atoms with van der Waals surface area (Å²) in [6.07, 6.45) is 0.725. The van der Waals surface area contributed by atoms with Crippen LogP contribution in [0.25, 0.3) is 11.1 Å². The standard InChI is InChI=1S/C16H16N2O3S/c1-2-11(17-15(19)14-8-5-9-22-14)10-18-12-6-3-4-7-13(12)21-16(18)20/h3-9,11H,2,10H2,1H3,(H,17,19)/t11-/m1/s1. The maximum atomic E-state index is 12.1. The zero-order valence-electron chi connectivity index (χ0n) is 12.1. The molecule has 0 fully saturated rings. The minimum atomic E-state index is -0.398. The summed E-state index contributed by atoms with van der Waals surface area (Å²) >= 11 is 1.40. The van der Waals surface area contributed by atoms with Gasteiger partial charge < -0.3 is 9.73 Å². The van der Waals surface area contributed by atoms with Gasteiger partial charge in [-0.2, -0.15) is 0 Å². The van der Waals surface area contributed by atoms with E-state index >= 15 is 0 Å². The van der Waals surface area contributed by atoms with Crippen molar-refractivity contribution < 1.29 is 9.21 Å². The molecule has 114 valence electrons. The molecule has 0 aliphatic rings. The van der Waals surface area contributed by atoms with Crippen molar-refractivity contribution in [2.45, 2.75) is 25.9 Å². The van der Waals surface area contributed by atoms with Gasteiger partial charge in [-0.1, -0.05) is 25.1 Å². The van der Waals surface area contributed by atoms with E-state index in [4.69, 9.17) is 4.42 Å². The summed E-state index contributed by atoms with van der Waals surface area (Å²) in [6.45, 7) is 2.37. The third-order valence-electron chi connectivity index (χ3n) is 3.55. The van der Waals surface area contributed by atoms with E-state index in [1.807, 2.05) is 36.6 Å². The van der Waals surface area contributed by atoms with E-state index in [0.29, 0.717) is 17.0 Å². The summed E-state index contributed by atoms with van der Waals surface area (Å²) in [5.41, 5.74) is 1.31. The smallest absolute Gasteiger partial charge is 0.408 e. The monoisotopic (exact) mass is 316 g/mol. The van der Waals surface area contributed by atoms with Crippen molar-refractivity contribution >= 4 is 28.3 Å². The number of nitrogens with zero attached hydrogens (tertiary/aromatic N) is 1. The lowest BCUT2D eigenvalue weighted by Gasteiger charge is -2.16. The van der Waals surface area contributed by atoms with Crippen LogP contribution in [0.1, 0.15) is 23.0 Å². The number of benzene rings is 1. The number of amides is 1. The normalized spacial score (nSPS) is 12.4. The lowest BCUT2D eigenvalue weighted by atomic mass is 10.2. The van der Waals surface area contributed by atoms with Crippen LogP contribution in [0, 0.1) is 0 Å². The van der Waals surface area contributed by atoms with Crippen molar-refractivity contribution in [3.05, 3.63) is 57.2 Å². The zero-order valence-corrected chi connectivity index (χ0v) is 12.9. The quantitative estimate of drug-likeness (QED) is 0.787. The van der Waals surface area contributed by atoms with Crippen LogP contribution in [0.3, 0.4) is 0 Å². The molecule has 2 heterocycles. The Labute approximate surface area is 131 Å². The van der Waals surface area contributed by atoms with E-state index in [1.165, 1.54) is 11.3 Å². The number of carbonyl (C=O) groups is 1. The van der Waals surface area contributed by atoms with E-state index < -0.39 is 5.76 Å². The van der Waals surface area contributed by atoms with Crippen LogP contribution >= 0.6 is 11.3 Å². The third kappa shape index (κ3) is 2.82. The molecule has 6 heteroatoms. The first-order valence-electron chi connectivity index (χ1n) is 7.11. The van der Waals surface area contributed by atoms with Crippen molar-refractivity contribution in [2.75, 3.05) is 0 Å². The Bertz CT molecular complexity index is 833. The van der Waals surface area contributed by atoms with E-state index in [0.717, 1.165) is 11.9 Å². The summed E-state index contributed by atoms with van der Waals surface area (Å²) < 4.78 is 6.79. The first-order valence-corrected chi connectivity index (χ1v) is 7.99. The number of hydrogen-bond acceptors (Lipinski definition) is 4. The van der Waals surface area contributed by atoms with Gasteiger partial charge in [-0.25, -0.2) is 4.79 Å². The number of thiophene rings is 1. The Morgan fingerprint density at radius 2 is 2.14 bits per heavy atom. The molecule has 0 spiro atoms. The van der Waals surface area contributed by atoms with Gasteiger partial charge >= 0.3 is 5.76 Å². The fourth-order valence-corrected chi connectivity index (χ4v) is 2.98. The summed E-state index contributed by atoms with van der Waals surface area (Å²) in [7, 11) is 0. The molecule has 5 nitrogen and oxygen atoms in total. The molecule has 0 saturated heterocycles. The van der Waals surface area contributed by atoms with Crippen LogP contribution in [0.4, 0.5) is 0 Å². The number of oxazole rings is 1. The van der Waals surface area contributed by atoms with Gasteiger partial charge in [0, 0.05) is 12.6 Å². The van der Waals surface area contributed by atoms with Crippen molar-refractivity contribution in [3.63, 3.8) is 0 Å². The SMILES string of the molecule is CC[C@H](Cn1c(=O)oc2ccccc21)NC(=O)c1cccs1. The highest BCUT2D eigenvalue weighted by atomic mass is 32.1. The molecule has 0 radical (unpaired) electrons. The summed E-state index contributed by atoms with van der Waals surface area (Å²) in [4.78, 5) is 24.8. The maximum absolute atomic E-state index is 12.1. The van der Waals surface area contributed by atoms with Crippen LogP contribution < -0.4 is 11.1 Å². The van der Waals surface area contributed by atoms with E-state index in [1.54, 1.807) is 16.7 Å². The Morgan fingerprint density at radius 1 is 1.32 bits per heavy atom. The minimum absolute atomic E-state index is 0.109. The largest absolute Gasteiger partial charge is 0.420 e. The fourth-order valence-electron chi connectivity index (χ4n) is 2.35. The molecular formula is C16H16N2O3S. The van der Waals surface area contributed by atoms with Crippen LogP contribution in [0.15, 0.2) is 51.0 Å². The second-order valence-electron chi connectivity index (χ2n) is 5.00. The molecule has 1 aromatic carbocycles. The highest BCUT2D eigenvalue weighted by molar-refractivity contribution is 7.12. The molecule has 3 aromatic rings. The molecule has 1 N–H and O–H groups in total. The predicted octanol–water partition coefficient (Wildman–Crippen LogP) is 2.86. The van der Waals surface area contributed by atoms with Gasteiger partial charge in [-0.05, 0) is 30.0 Å². The number of rotatable bonds is 5. The highest BCUT2D eigenvalue weighted by Gasteiger charge is 2.17. The highest BCUT2D eigenvalue weighted by Crippen LogP contribution is 2.13. The number of hydrogen-bond donors (Lipinski definition) is 1. The molecule has 0 aliphatic heterocycles. The molecule has 1 atom stereocenters. The maximum Gasteiger partial charge on any atom is 0.420 e. The van der Waals surface area contributed by atoms with Gasteiger partial charge in [0.1, 0.15) is 0 Å². The van der Waals surface area contributed by atoms with Crippen molar-refractivity contribution in [1.29, 1.82) is 0 Å². The number of carbonyl (C=O) groups excluding carboxylic acids is 1. The van der Waals surface area contributed by atoms with Gasteiger partial charge in [0.2, 0.25) is 0 Å². The van der Waals surface area contributed by atoms with Crippen molar-refractivity contribution in [2.24, 2.45) is 0 Å². The fraction of sp³-hybridized carbons (Fsp3) is 0.250. The first-order chi connectivity index (χ1) is 10.7. The van der Waals surface area contributed by atoms with E-state index in [2.05, 4.69) is 5.32 Å². The van der Waals surface area contributed by atoms with Gasteiger partial charge in [0.05, 0.1) is 10.4 Å². The Hall–Kier alpha value is -2.34. The second kappa shape index (κ2) is 6.19. The van der Waals surface area contributed by atoms with Gasteiger partial charge in [0.15, 0.2) is 5.58 Å². The molecule has 0 bridgehead atoms. The number of fused-ring (bicyclic) bond motifs is 1.